The molecule has 3 aromatic carbocycles. The van der Waals surface area contributed by atoms with Crippen molar-refractivity contribution in [3.8, 4) is 0 Å². The summed E-state index contributed by atoms with van der Waals surface area (Å²) in [4.78, 5) is 0. The average Bonchev–Trinajstić information content (AvgIpc) is 2.57. The highest BCUT2D eigenvalue weighted by atomic mass is 127. The van der Waals surface area contributed by atoms with Crippen molar-refractivity contribution in [3.63, 3.8) is 0 Å². The van der Waals surface area contributed by atoms with Gasteiger partial charge in [-0.3, -0.25) is 0 Å². The van der Waals surface area contributed by atoms with Crippen LogP contribution in [0.4, 0.5) is 0 Å². The van der Waals surface area contributed by atoms with E-state index in [0.29, 0.717) is 0 Å². The summed E-state index contributed by atoms with van der Waals surface area (Å²) in [5.41, 5.74) is 6.32. The molecule has 0 aromatic heterocycles. The molecule has 0 saturated heterocycles. The SMILES string of the molecule is Cc1ccc(C(I)=C(c2ccccc2)c2ccccc2)cc1. The van der Waals surface area contributed by atoms with Crippen molar-refractivity contribution < 1.29 is 0 Å². The lowest BCUT2D eigenvalue weighted by molar-refractivity contribution is 1.46. The number of hydrogen-bond acceptors (Lipinski definition) is 0. The van der Waals surface area contributed by atoms with E-state index >= 15 is 0 Å². The minimum atomic E-state index is 1.25. The van der Waals surface area contributed by atoms with Gasteiger partial charge in [-0.2, -0.15) is 0 Å². The van der Waals surface area contributed by atoms with Crippen molar-refractivity contribution in [2.24, 2.45) is 0 Å². The van der Waals surface area contributed by atoms with Crippen LogP contribution < -0.4 is 0 Å². The van der Waals surface area contributed by atoms with E-state index < -0.39 is 0 Å². The average molecular weight is 396 g/mol. The fraction of sp³-hybridized carbons (Fsp3) is 0.0476. The van der Waals surface area contributed by atoms with Gasteiger partial charge >= 0.3 is 0 Å². The van der Waals surface area contributed by atoms with E-state index in [1.165, 1.54) is 31.4 Å². The van der Waals surface area contributed by atoms with E-state index in [1.807, 2.05) is 0 Å². The van der Waals surface area contributed by atoms with E-state index in [9.17, 15) is 0 Å². The van der Waals surface area contributed by atoms with Crippen molar-refractivity contribution in [1.82, 2.24) is 0 Å². The number of hydrogen-bond donors (Lipinski definition) is 0. The number of rotatable bonds is 3. The first-order valence-electron chi connectivity index (χ1n) is 7.33. The molecule has 0 radical (unpaired) electrons. The first-order valence-corrected chi connectivity index (χ1v) is 8.41. The van der Waals surface area contributed by atoms with E-state index in [-0.39, 0.29) is 0 Å². The maximum absolute atomic E-state index is 2.47. The molecule has 0 unspecified atom stereocenters. The molecule has 0 aliphatic heterocycles. The van der Waals surface area contributed by atoms with E-state index in [1.54, 1.807) is 0 Å². The zero-order valence-electron chi connectivity index (χ0n) is 12.5. The fourth-order valence-electron chi connectivity index (χ4n) is 2.47. The van der Waals surface area contributed by atoms with Crippen LogP contribution in [-0.4, -0.2) is 0 Å². The van der Waals surface area contributed by atoms with Crippen LogP contribution >= 0.6 is 22.6 Å². The molecule has 0 nitrogen and oxygen atoms in total. The van der Waals surface area contributed by atoms with Crippen LogP contribution in [0.2, 0.25) is 0 Å². The Balaban J connectivity index is 2.21. The Morgan fingerprint density at radius 2 is 1.05 bits per heavy atom. The monoisotopic (exact) mass is 396 g/mol. The standard InChI is InChI=1S/C21H17I/c1-16-12-14-19(15-13-16)21(22)20(17-8-4-2-5-9-17)18-10-6-3-7-11-18/h2-15H,1H3. The molecule has 1 heteroatoms. The van der Waals surface area contributed by atoms with Crippen molar-refractivity contribution >= 4 is 31.7 Å². The highest BCUT2D eigenvalue weighted by molar-refractivity contribution is 14.1. The highest BCUT2D eigenvalue weighted by Crippen LogP contribution is 2.36. The van der Waals surface area contributed by atoms with Crippen LogP contribution in [0.1, 0.15) is 22.3 Å². The molecule has 0 saturated carbocycles. The minimum absolute atomic E-state index is 1.25. The van der Waals surface area contributed by atoms with Crippen LogP contribution in [-0.2, 0) is 0 Å². The van der Waals surface area contributed by atoms with Crippen molar-refractivity contribution in [2.45, 2.75) is 6.92 Å². The molecule has 0 N–H and O–H groups in total. The smallest absolute Gasteiger partial charge is 0.0287 e. The molecule has 0 amide bonds. The van der Waals surface area contributed by atoms with Crippen LogP contribution in [0.3, 0.4) is 0 Å². The van der Waals surface area contributed by atoms with Gasteiger partial charge < -0.3 is 0 Å². The van der Waals surface area contributed by atoms with Gasteiger partial charge in [0, 0.05) is 9.15 Å². The minimum Gasteiger partial charge on any atom is -0.0622 e. The summed E-state index contributed by atoms with van der Waals surface area (Å²) in [6.45, 7) is 2.12. The molecule has 108 valence electrons. The third-order valence-corrected chi connectivity index (χ3v) is 4.81. The summed E-state index contributed by atoms with van der Waals surface area (Å²) in [7, 11) is 0. The van der Waals surface area contributed by atoms with E-state index in [2.05, 4.69) is 114 Å². The molecule has 0 bridgehead atoms. The summed E-state index contributed by atoms with van der Waals surface area (Å²) in [5, 5.41) is 0. The van der Waals surface area contributed by atoms with Crippen LogP contribution in [0, 0.1) is 6.92 Å². The lowest BCUT2D eigenvalue weighted by Crippen LogP contribution is -1.91. The lowest BCUT2D eigenvalue weighted by atomic mass is 9.95. The van der Waals surface area contributed by atoms with Gasteiger partial charge in [0.05, 0.1) is 0 Å². The highest BCUT2D eigenvalue weighted by Gasteiger charge is 2.11. The van der Waals surface area contributed by atoms with Gasteiger partial charge in [0.2, 0.25) is 0 Å². The summed E-state index contributed by atoms with van der Waals surface area (Å²) in [6, 6.07) is 29.9. The van der Waals surface area contributed by atoms with Crippen molar-refractivity contribution in [2.75, 3.05) is 0 Å². The Morgan fingerprint density at radius 3 is 1.50 bits per heavy atom. The molecule has 0 aliphatic rings. The van der Waals surface area contributed by atoms with Gasteiger partial charge in [0.15, 0.2) is 0 Å². The zero-order chi connectivity index (χ0) is 15.4. The molecular weight excluding hydrogens is 379 g/mol. The maximum Gasteiger partial charge on any atom is 0.0287 e. The summed E-state index contributed by atoms with van der Waals surface area (Å²) in [6.07, 6.45) is 0. The first kappa shape index (κ1) is 15.0. The van der Waals surface area contributed by atoms with Gasteiger partial charge in [0.1, 0.15) is 0 Å². The van der Waals surface area contributed by atoms with E-state index in [4.69, 9.17) is 0 Å². The maximum atomic E-state index is 2.47. The van der Waals surface area contributed by atoms with Crippen LogP contribution in [0.5, 0.6) is 0 Å². The molecule has 0 spiro atoms. The Labute approximate surface area is 145 Å². The molecule has 3 rings (SSSR count). The van der Waals surface area contributed by atoms with Gasteiger partial charge in [-0.05, 0) is 46.2 Å². The quantitative estimate of drug-likeness (QED) is 0.358. The number of aryl methyl sites for hydroxylation is 1. The molecular formula is C21H17I. The fourth-order valence-corrected chi connectivity index (χ4v) is 3.46. The predicted molar refractivity (Wildman–Crippen MR) is 104 cm³/mol. The molecule has 0 heterocycles. The predicted octanol–water partition coefficient (Wildman–Crippen LogP) is 6.35. The lowest BCUT2D eigenvalue weighted by Gasteiger charge is -2.13. The summed E-state index contributed by atoms with van der Waals surface area (Å²) < 4.78 is 1.27. The summed E-state index contributed by atoms with van der Waals surface area (Å²) >= 11 is 2.47. The first-order chi connectivity index (χ1) is 10.8. The van der Waals surface area contributed by atoms with Crippen molar-refractivity contribution in [1.29, 1.82) is 0 Å². The topological polar surface area (TPSA) is 0 Å². The number of benzene rings is 3. The molecule has 0 atom stereocenters. The number of halogens is 1. The Kier molecular flexibility index (Phi) is 4.74. The normalized spacial score (nSPS) is 10.3. The van der Waals surface area contributed by atoms with Gasteiger partial charge in [-0.15, -0.1) is 0 Å². The second-order valence-electron chi connectivity index (χ2n) is 5.29. The van der Waals surface area contributed by atoms with E-state index in [0.717, 1.165) is 0 Å². The van der Waals surface area contributed by atoms with Crippen LogP contribution in [0.15, 0.2) is 84.9 Å². The van der Waals surface area contributed by atoms with Gasteiger partial charge in [0.25, 0.3) is 0 Å². The van der Waals surface area contributed by atoms with Gasteiger partial charge in [-0.25, -0.2) is 0 Å². The summed E-state index contributed by atoms with van der Waals surface area (Å²) in [5.74, 6) is 0. The molecule has 0 aliphatic carbocycles. The Hall–Kier alpha value is -1.87. The molecule has 0 fully saturated rings. The second-order valence-corrected chi connectivity index (χ2v) is 6.37. The van der Waals surface area contributed by atoms with Crippen molar-refractivity contribution in [3.05, 3.63) is 107 Å². The third kappa shape index (κ3) is 3.30. The molecule has 3 aromatic rings. The van der Waals surface area contributed by atoms with Gasteiger partial charge in [-0.1, -0.05) is 90.5 Å². The zero-order valence-corrected chi connectivity index (χ0v) is 14.6. The third-order valence-electron chi connectivity index (χ3n) is 3.65. The second kappa shape index (κ2) is 6.93. The largest absolute Gasteiger partial charge is 0.0622 e. The van der Waals surface area contributed by atoms with Crippen LogP contribution in [0.25, 0.3) is 9.15 Å². The Bertz CT molecular complexity index is 728. The Morgan fingerprint density at radius 1 is 0.591 bits per heavy atom. The molecule has 22 heavy (non-hydrogen) atoms.